The molecule has 0 aliphatic heterocycles. The van der Waals surface area contributed by atoms with E-state index in [9.17, 15) is 0 Å². The molecule has 5 fully saturated rings. The summed E-state index contributed by atoms with van der Waals surface area (Å²) in [6.45, 7) is 4.99. The molecule has 0 saturated heterocycles. The van der Waals surface area contributed by atoms with Crippen molar-refractivity contribution in [1.82, 2.24) is 0 Å². The van der Waals surface area contributed by atoms with Crippen LogP contribution in [0.2, 0.25) is 0 Å². The van der Waals surface area contributed by atoms with Gasteiger partial charge in [0.15, 0.2) is 0 Å². The molecule has 1 nitrogen and oxygen atoms in total. The number of hydrogen-bond acceptors (Lipinski definition) is 1. The van der Waals surface area contributed by atoms with E-state index in [4.69, 9.17) is 5.73 Å². The Morgan fingerprint density at radius 2 is 1.35 bits per heavy atom. The largest absolute Gasteiger partial charge is 0.325 e. The molecule has 0 radical (unpaired) electrons. The van der Waals surface area contributed by atoms with Crippen molar-refractivity contribution >= 4 is 0 Å². The molecule has 96 valence electrons. The van der Waals surface area contributed by atoms with Gasteiger partial charge in [0.1, 0.15) is 0 Å². The van der Waals surface area contributed by atoms with E-state index >= 15 is 0 Å². The van der Waals surface area contributed by atoms with Crippen molar-refractivity contribution in [1.29, 1.82) is 0 Å². The molecular formula is C16H27N. The van der Waals surface area contributed by atoms with E-state index < -0.39 is 0 Å². The fourth-order valence-corrected chi connectivity index (χ4v) is 6.21. The highest BCUT2D eigenvalue weighted by Gasteiger charge is 2.61. The Balaban J connectivity index is 1.66. The minimum absolute atomic E-state index is 0.201. The summed E-state index contributed by atoms with van der Waals surface area (Å²) in [7, 11) is 0. The van der Waals surface area contributed by atoms with E-state index in [1.54, 1.807) is 6.42 Å². The van der Waals surface area contributed by atoms with Gasteiger partial charge in [-0.3, -0.25) is 0 Å². The van der Waals surface area contributed by atoms with Crippen molar-refractivity contribution in [3.63, 3.8) is 0 Å². The molecule has 0 aromatic rings. The van der Waals surface area contributed by atoms with Crippen LogP contribution in [0.3, 0.4) is 0 Å². The zero-order valence-corrected chi connectivity index (χ0v) is 11.4. The van der Waals surface area contributed by atoms with Crippen LogP contribution in [-0.2, 0) is 0 Å². The molecule has 5 aliphatic rings. The Bertz CT molecular complexity index is 311. The highest BCUT2D eigenvalue weighted by Crippen LogP contribution is 2.65. The molecule has 4 bridgehead atoms. The molecule has 1 heteroatoms. The van der Waals surface area contributed by atoms with Gasteiger partial charge in [-0.25, -0.2) is 0 Å². The van der Waals surface area contributed by atoms with Crippen LogP contribution in [0.1, 0.15) is 58.8 Å². The van der Waals surface area contributed by atoms with Crippen molar-refractivity contribution in [2.24, 2.45) is 40.7 Å². The van der Waals surface area contributed by atoms with Gasteiger partial charge in [-0.15, -0.1) is 0 Å². The van der Waals surface area contributed by atoms with Crippen LogP contribution < -0.4 is 5.73 Å². The Hall–Kier alpha value is -0.0400. The van der Waals surface area contributed by atoms with E-state index in [0.29, 0.717) is 5.41 Å². The second-order valence-corrected chi connectivity index (χ2v) is 8.33. The summed E-state index contributed by atoms with van der Waals surface area (Å²) in [6, 6.07) is 0. The topological polar surface area (TPSA) is 26.0 Å². The third-order valence-corrected chi connectivity index (χ3v) is 7.13. The van der Waals surface area contributed by atoms with Gasteiger partial charge in [-0.1, -0.05) is 13.8 Å². The summed E-state index contributed by atoms with van der Waals surface area (Å²) in [4.78, 5) is 0. The Kier molecular flexibility index (Phi) is 1.98. The molecule has 0 atom stereocenters. The highest BCUT2D eigenvalue weighted by molar-refractivity contribution is 5.15. The van der Waals surface area contributed by atoms with Gasteiger partial charge >= 0.3 is 0 Å². The van der Waals surface area contributed by atoms with Gasteiger partial charge in [0.05, 0.1) is 0 Å². The summed E-state index contributed by atoms with van der Waals surface area (Å²) < 4.78 is 0. The molecule has 17 heavy (non-hydrogen) atoms. The maximum absolute atomic E-state index is 6.60. The average molecular weight is 233 g/mol. The SMILES string of the molecule is CC(C)(C1C2CC3CC(C2)CC1C3)C1(N)CC1. The van der Waals surface area contributed by atoms with Crippen molar-refractivity contribution in [3.8, 4) is 0 Å². The first-order valence-electron chi connectivity index (χ1n) is 7.78. The minimum atomic E-state index is 0.201. The smallest absolute Gasteiger partial charge is 0.0210 e. The third-order valence-electron chi connectivity index (χ3n) is 7.13. The first-order chi connectivity index (χ1) is 7.99. The standard InChI is InChI=1S/C16H27N/c1-15(2,16(17)3-4-16)14-12-6-10-5-11(8-12)9-13(14)7-10/h10-14H,3-9,17H2,1-2H3. The summed E-state index contributed by atoms with van der Waals surface area (Å²) in [5, 5.41) is 0. The van der Waals surface area contributed by atoms with Crippen LogP contribution in [0.25, 0.3) is 0 Å². The maximum atomic E-state index is 6.60. The highest BCUT2D eigenvalue weighted by atomic mass is 14.9. The van der Waals surface area contributed by atoms with E-state index in [2.05, 4.69) is 13.8 Å². The van der Waals surface area contributed by atoms with Crippen LogP contribution in [0.4, 0.5) is 0 Å². The van der Waals surface area contributed by atoms with Gasteiger partial charge in [0, 0.05) is 5.54 Å². The number of rotatable bonds is 2. The average Bonchev–Trinajstić information content (AvgIpc) is 2.95. The molecule has 5 aliphatic carbocycles. The quantitative estimate of drug-likeness (QED) is 0.775. The lowest BCUT2D eigenvalue weighted by molar-refractivity contribution is -0.0967. The molecule has 5 rings (SSSR count). The molecule has 0 unspecified atom stereocenters. The Labute approximate surface area is 106 Å². The van der Waals surface area contributed by atoms with Crippen molar-refractivity contribution in [3.05, 3.63) is 0 Å². The number of nitrogens with two attached hydrogens (primary N) is 1. The molecular weight excluding hydrogens is 206 g/mol. The maximum Gasteiger partial charge on any atom is 0.0210 e. The normalized spacial score (nSPS) is 50.6. The molecule has 0 aromatic carbocycles. The van der Waals surface area contributed by atoms with Crippen LogP contribution in [0, 0.1) is 35.0 Å². The summed E-state index contributed by atoms with van der Waals surface area (Å²) in [6.07, 6.45) is 10.3. The van der Waals surface area contributed by atoms with Crippen LogP contribution in [-0.4, -0.2) is 5.54 Å². The molecule has 0 heterocycles. The predicted molar refractivity (Wildman–Crippen MR) is 70.5 cm³/mol. The minimum Gasteiger partial charge on any atom is -0.325 e. The number of hydrogen-bond donors (Lipinski definition) is 1. The second-order valence-electron chi connectivity index (χ2n) is 8.33. The first kappa shape index (κ1) is 10.8. The monoisotopic (exact) mass is 233 g/mol. The van der Waals surface area contributed by atoms with Crippen molar-refractivity contribution < 1.29 is 0 Å². The van der Waals surface area contributed by atoms with E-state index in [1.165, 1.54) is 38.5 Å². The lowest BCUT2D eigenvalue weighted by atomic mass is 9.46. The van der Waals surface area contributed by atoms with Gasteiger partial charge in [-0.2, -0.15) is 0 Å². The molecule has 0 aromatic heterocycles. The lowest BCUT2D eigenvalue weighted by Crippen LogP contribution is -2.56. The van der Waals surface area contributed by atoms with E-state index in [0.717, 1.165) is 29.6 Å². The fraction of sp³-hybridized carbons (Fsp3) is 1.00. The zero-order chi connectivity index (χ0) is 11.8. The van der Waals surface area contributed by atoms with Gasteiger partial charge in [-0.05, 0) is 80.0 Å². The van der Waals surface area contributed by atoms with E-state index in [1.807, 2.05) is 0 Å². The summed E-state index contributed by atoms with van der Waals surface area (Å²) >= 11 is 0. The van der Waals surface area contributed by atoms with Crippen LogP contribution in [0.5, 0.6) is 0 Å². The zero-order valence-electron chi connectivity index (χ0n) is 11.4. The Morgan fingerprint density at radius 3 is 1.76 bits per heavy atom. The lowest BCUT2D eigenvalue weighted by Gasteiger charge is -2.60. The second kappa shape index (κ2) is 3.10. The van der Waals surface area contributed by atoms with Gasteiger partial charge < -0.3 is 5.73 Å². The van der Waals surface area contributed by atoms with Gasteiger partial charge in [0.2, 0.25) is 0 Å². The van der Waals surface area contributed by atoms with E-state index in [-0.39, 0.29) is 5.54 Å². The van der Waals surface area contributed by atoms with Crippen LogP contribution in [0.15, 0.2) is 0 Å². The van der Waals surface area contributed by atoms with Crippen molar-refractivity contribution in [2.45, 2.75) is 64.3 Å². The van der Waals surface area contributed by atoms with Crippen LogP contribution >= 0.6 is 0 Å². The Morgan fingerprint density at radius 1 is 0.882 bits per heavy atom. The third kappa shape index (κ3) is 1.35. The van der Waals surface area contributed by atoms with Crippen molar-refractivity contribution in [2.75, 3.05) is 0 Å². The summed E-state index contributed by atoms with van der Waals surface area (Å²) in [5.41, 5.74) is 7.20. The molecule has 0 spiro atoms. The molecule has 5 saturated carbocycles. The molecule has 0 amide bonds. The van der Waals surface area contributed by atoms with Gasteiger partial charge in [0.25, 0.3) is 0 Å². The fourth-order valence-electron chi connectivity index (χ4n) is 6.21. The molecule has 2 N–H and O–H groups in total. The summed E-state index contributed by atoms with van der Waals surface area (Å²) in [5.74, 6) is 5.20. The predicted octanol–water partition coefficient (Wildman–Crippen LogP) is 3.58. The first-order valence-corrected chi connectivity index (χ1v) is 7.78.